The van der Waals surface area contributed by atoms with E-state index in [1.165, 1.54) is 11.3 Å². The van der Waals surface area contributed by atoms with Gasteiger partial charge >= 0.3 is 0 Å². The number of nitrogens with two attached hydrogens (primary N) is 1. The molecule has 0 fully saturated rings. The van der Waals surface area contributed by atoms with Crippen molar-refractivity contribution < 1.29 is 9.90 Å². The van der Waals surface area contributed by atoms with Crippen LogP contribution in [0.25, 0.3) is 10.2 Å². The van der Waals surface area contributed by atoms with E-state index >= 15 is 0 Å². The lowest BCUT2D eigenvalue weighted by Gasteiger charge is -2.18. The maximum absolute atomic E-state index is 12.0. The Balaban J connectivity index is 1.97. The summed E-state index contributed by atoms with van der Waals surface area (Å²) in [6, 6.07) is 5.49. The molecule has 1 amide bonds. The lowest BCUT2D eigenvalue weighted by molar-refractivity contribution is -0.117. The molecule has 0 atom stereocenters. The third-order valence-corrected chi connectivity index (χ3v) is 4.04. The fourth-order valence-electron chi connectivity index (χ4n) is 2.00. The average molecular weight is 308 g/mol. The van der Waals surface area contributed by atoms with Gasteiger partial charge in [0.05, 0.1) is 16.8 Å². The number of aliphatic hydroxyl groups excluding tert-OH is 1. The fraction of sp³-hybridized carbons (Fsp3) is 0.429. The van der Waals surface area contributed by atoms with Gasteiger partial charge < -0.3 is 16.2 Å². The first-order valence-electron chi connectivity index (χ1n) is 6.91. The zero-order valence-electron chi connectivity index (χ0n) is 12.0. The summed E-state index contributed by atoms with van der Waals surface area (Å²) in [6.07, 6.45) is 0.668. The number of nitrogen functional groups attached to an aromatic ring is 1. The number of amides is 1. The normalized spacial score (nSPS) is 11.2. The molecule has 7 heteroatoms. The van der Waals surface area contributed by atoms with E-state index in [-0.39, 0.29) is 12.5 Å². The summed E-state index contributed by atoms with van der Waals surface area (Å²) in [7, 11) is 0. The second-order valence-electron chi connectivity index (χ2n) is 4.74. The van der Waals surface area contributed by atoms with E-state index in [1.54, 1.807) is 6.07 Å². The number of anilines is 2. The minimum absolute atomic E-state index is 0.0955. The van der Waals surface area contributed by atoms with Crippen LogP contribution < -0.4 is 11.1 Å². The first kappa shape index (κ1) is 15.7. The molecule has 1 aromatic heterocycles. The van der Waals surface area contributed by atoms with Crippen LogP contribution in [0.15, 0.2) is 18.2 Å². The molecule has 2 aromatic rings. The Morgan fingerprint density at radius 1 is 1.52 bits per heavy atom. The van der Waals surface area contributed by atoms with E-state index in [2.05, 4.69) is 10.3 Å². The molecular weight excluding hydrogens is 288 g/mol. The molecule has 0 spiro atoms. The van der Waals surface area contributed by atoms with Gasteiger partial charge in [-0.15, -0.1) is 0 Å². The second kappa shape index (κ2) is 7.35. The van der Waals surface area contributed by atoms with Crippen LogP contribution in [-0.4, -0.2) is 47.1 Å². The number of carbonyl (C=O) groups excluding carboxylic acids is 1. The number of hydrogen-bond acceptors (Lipinski definition) is 6. The van der Waals surface area contributed by atoms with Crippen molar-refractivity contribution in [2.24, 2.45) is 0 Å². The van der Waals surface area contributed by atoms with Crippen molar-refractivity contribution in [1.29, 1.82) is 0 Å². The Bertz CT molecular complexity index is 614. The van der Waals surface area contributed by atoms with Crippen molar-refractivity contribution in [1.82, 2.24) is 9.88 Å². The number of nitrogens with zero attached hydrogens (tertiary/aromatic N) is 2. The van der Waals surface area contributed by atoms with E-state index in [1.807, 2.05) is 24.0 Å². The van der Waals surface area contributed by atoms with Crippen LogP contribution in [0.1, 0.15) is 13.3 Å². The van der Waals surface area contributed by atoms with Crippen molar-refractivity contribution >= 4 is 38.3 Å². The van der Waals surface area contributed by atoms with Crippen LogP contribution in [0.4, 0.5) is 10.8 Å². The summed E-state index contributed by atoms with van der Waals surface area (Å²) in [4.78, 5) is 18.4. The number of benzene rings is 1. The molecule has 2 rings (SSSR count). The lowest BCUT2D eigenvalue weighted by Crippen LogP contribution is -2.34. The number of fused-ring (bicyclic) bond motifs is 1. The van der Waals surface area contributed by atoms with Crippen LogP contribution >= 0.6 is 11.3 Å². The van der Waals surface area contributed by atoms with Gasteiger partial charge in [0, 0.05) is 18.8 Å². The SMILES string of the molecule is CCN(CCCO)CC(=O)Nc1nc2ccc(N)cc2s1. The second-order valence-corrected chi connectivity index (χ2v) is 5.77. The van der Waals surface area contributed by atoms with E-state index < -0.39 is 0 Å². The molecule has 1 heterocycles. The van der Waals surface area contributed by atoms with Gasteiger partial charge in [-0.1, -0.05) is 18.3 Å². The molecule has 0 aliphatic rings. The smallest absolute Gasteiger partial charge is 0.240 e. The molecule has 4 N–H and O–H groups in total. The molecule has 0 aliphatic heterocycles. The van der Waals surface area contributed by atoms with Crippen LogP contribution in [0.5, 0.6) is 0 Å². The number of hydrogen-bond donors (Lipinski definition) is 3. The maximum atomic E-state index is 12.0. The first-order chi connectivity index (χ1) is 10.1. The van der Waals surface area contributed by atoms with Crippen LogP contribution in [0.3, 0.4) is 0 Å². The van der Waals surface area contributed by atoms with Crippen molar-refractivity contribution in [3.8, 4) is 0 Å². The minimum atomic E-state index is -0.0955. The molecule has 0 aliphatic carbocycles. The minimum Gasteiger partial charge on any atom is -0.399 e. The third-order valence-electron chi connectivity index (χ3n) is 3.11. The number of carbonyl (C=O) groups is 1. The summed E-state index contributed by atoms with van der Waals surface area (Å²) in [6.45, 7) is 3.90. The molecule has 0 radical (unpaired) electrons. The number of aromatic nitrogens is 1. The molecule has 1 aromatic carbocycles. The number of rotatable bonds is 7. The Kier molecular flexibility index (Phi) is 5.49. The number of nitrogens with one attached hydrogen (secondary N) is 1. The largest absolute Gasteiger partial charge is 0.399 e. The molecule has 114 valence electrons. The Hall–Kier alpha value is -1.70. The van der Waals surface area contributed by atoms with Gasteiger partial charge in [0.2, 0.25) is 5.91 Å². The molecule has 0 saturated carbocycles. The zero-order chi connectivity index (χ0) is 15.2. The highest BCUT2D eigenvalue weighted by Gasteiger charge is 2.11. The van der Waals surface area contributed by atoms with E-state index in [0.29, 0.717) is 30.3 Å². The molecule has 0 saturated heterocycles. The topological polar surface area (TPSA) is 91.5 Å². The Labute approximate surface area is 127 Å². The monoisotopic (exact) mass is 308 g/mol. The van der Waals surface area contributed by atoms with E-state index in [9.17, 15) is 4.79 Å². The number of aliphatic hydroxyl groups is 1. The van der Waals surface area contributed by atoms with Crippen LogP contribution in [-0.2, 0) is 4.79 Å². The lowest BCUT2D eigenvalue weighted by atomic mass is 10.3. The number of thiazole rings is 1. The van der Waals surface area contributed by atoms with Gasteiger partial charge in [-0.2, -0.15) is 0 Å². The predicted molar refractivity (Wildman–Crippen MR) is 86.5 cm³/mol. The van der Waals surface area contributed by atoms with Gasteiger partial charge in [0.1, 0.15) is 0 Å². The highest BCUT2D eigenvalue weighted by atomic mass is 32.1. The van der Waals surface area contributed by atoms with Crippen molar-refractivity contribution in [2.45, 2.75) is 13.3 Å². The van der Waals surface area contributed by atoms with Gasteiger partial charge in [-0.05, 0) is 31.2 Å². The maximum Gasteiger partial charge on any atom is 0.240 e. The molecule has 0 bridgehead atoms. The van der Waals surface area contributed by atoms with Gasteiger partial charge in [0.15, 0.2) is 5.13 Å². The summed E-state index contributed by atoms with van der Waals surface area (Å²) in [5.41, 5.74) is 7.25. The summed E-state index contributed by atoms with van der Waals surface area (Å²) >= 11 is 1.41. The summed E-state index contributed by atoms with van der Waals surface area (Å²) in [5, 5.41) is 12.2. The van der Waals surface area contributed by atoms with Crippen LogP contribution in [0.2, 0.25) is 0 Å². The summed E-state index contributed by atoms with van der Waals surface area (Å²) in [5.74, 6) is -0.0955. The first-order valence-corrected chi connectivity index (χ1v) is 7.73. The molecule has 6 nitrogen and oxygen atoms in total. The third kappa shape index (κ3) is 4.38. The molecular formula is C14H20N4O2S. The van der Waals surface area contributed by atoms with Crippen molar-refractivity contribution in [2.75, 3.05) is 37.3 Å². The highest BCUT2D eigenvalue weighted by molar-refractivity contribution is 7.22. The summed E-state index contributed by atoms with van der Waals surface area (Å²) < 4.78 is 0.956. The van der Waals surface area contributed by atoms with E-state index in [4.69, 9.17) is 10.8 Å². The predicted octanol–water partition coefficient (Wildman–Crippen LogP) is 1.52. The zero-order valence-corrected chi connectivity index (χ0v) is 12.8. The standard InChI is InChI=1S/C14H20N4O2S/c1-2-18(6-3-7-19)9-13(20)17-14-16-11-5-4-10(15)8-12(11)21-14/h4-5,8,19H,2-3,6-7,9,15H2,1H3,(H,16,17,20). The Morgan fingerprint density at radius 3 is 3.05 bits per heavy atom. The quantitative estimate of drug-likeness (QED) is 0.675. The van der Waals surface area contributed by atoms with Gasteiger partial charge in [0.25, 0.3) is 0 Å². The van der Waals surface area contributed by atoms with E-state index in [0.717, 1.165) is 16.8 Å². The molecule has 0 unspecified atom stereocenters. The highest BCUT2D eigenvalue weighted by Crippen LogP contribution is 2.27. The Morgan fingerprint density at radius 2 is 2.33 bits per heavy atom. The van der Waals surface area contributed by atoms with Crippen molar-refractivity contribution in [3.63, 3.8) is 0 Å². The van der Waals surface area contributed by atoms with Gasteiger partial charge in [-0.25, -0.2) is 4.98 Å². The fourth-order valence-corrected chi connectivity index (χ4v) is 2.93. The number of likely N-dealkylation sites (N-methyl/N-ethyl adjacent to an activating group) is 1. The van der Waals surface area contributed by atoms with Crippen molar-refractivity contribution in [3.05, 3.63) is 18.2 Å². The average Bonchev–Trinajstić information content (AvgIpc) is 2.84. The van der Waals surface area contributed by atoms with Gasteiger partial charge in [-0.3, -0.25) is 9.69 Å². The molecule has 21 heavy (non-hydrogen) atoms. The van der Waals surface area contributed by atoms with Crippen LogP contribution in [0, 0.1) is 0 Å².